The lowest BCUT2D eigenvalue weighted by molar-refractivity contribution is 0.0599. The van der Waals surface area contributed by atoms with Gasteiger partial charge in [0.05, 0.1) is 7.11 Å². The SMILES string of the molecule is COC(=O)c1cc(NC(=O)Nc2ccccc2C)ccc1OS(=O)(=O)c1ccccc1C. The van der Waals surface area contributed by atoms with Crippen molar-refractivity contribution >= 4 is 33.5 Å². The molecule has 0 heterocycles. The molecule has 0 fully saturated rings. The summed E-state index contributed by atoms with van der Waals surface area (Å²) in [4.78, 5) is 24.6. The van der Waals surface area contributed by atoms with E-state index >= 15 is 0 Å². The first-order valence-electron chi connectivity index (χ1n) is 9.57. The van der Waals surface area contributed by atoms with E-state index in [1.807, 2.05) is 19.1 Å². The van der Waals surface area contributed by atoms with E-state index in [4.69, 9.17) is 8.92 Å². The highest BCUT2D eigenvalue weighted by molar-refractivity contribution is 7.87. The fourth-order valence-electron chi connectivity index (χ4n) is 2.95. The van der Waals surface area contributed by atoms with Crippen molar-refractivity contribution in [2.75, 3.05) is 17.7 Å². The molecular formula is C23H22N2O6S. The number of benzene rings is 3. The third-order valence-corrected chi connectivity index (χ3v) is 5.99. The van der Waals surface area contributed by atoms with Crippen molar-refractivity contribution in [2.45, 2.75) is 18.7 Å². The Morgan fingerprint density at radius 2 is 1.50 bits per heavy atom. The number of ether oxygens (including phenoxy) is 1. The molecule has 9 heteroatoms. The quantitative estimate of drug-likeness (QED) is 0.419. The zero-order chi connectivity index (χ0) is 23.3. The topological polar surface area (TPSA) is 111 Å². The molecule has 8 nitrogen and oxygen atoms in total. The minimum atomic E-state index is -4.20. The molecule has 166 valence electrons. The van der Waals surface area contributed by atoms with Crippen molar-refractivity contribution in [3.05, 3.63) is 83.4 Å². The maximum Gasteiger partial charge on any atom is 0.341 e. The number of nitrogens with one attached hydrogen (secondary N) is 2. The van der Waals surface area contributed by atoms with Crippen LogP contribution in [0.4, 0.5) is 16.2 Å². The van der Waals surface area contributed by atoms with Crippen molar-refractivity contribution in [3.8, 4) is 5.75 Å². The second-order valence-electron chi connectivity index (χ2n) is 6.90. The summed E-state index contributed by atoms with van der Waals surface area (Å²) in [6, 6.07) is 17.0. The van der Waals surface area contributed by atoms with Crippen LogP contribution in [0.3, 0.4) is 0 Å². The molecule has 2 amide bonds. The Morgan fingerprint density at radius 1 is 0.844 bits per heavy atom. The Hall–Kier alpha value is -3.85. The molecule has 0 aromatic heterocycles. The summed E-state index contributed by atoms with van der Waals surface area (Å²) in [6.45, 7) is 3.49. The number of urea groups is 1. The van der Waals surface area contributed by atoms with Crippen LogP contribution in [0.25, 0.3) is 0 Å². The minimum absolute atomic E-state index is 0.0179. The first kappa shape index (κ1) is 22.8. The number of esters is 1. The number of carbonyl (C=O) groups excluding carboxylic acids is 2. The van der Waals surface area contributed by atoms with E-state index in [-0.39, 0.29) is 21.9 Å². The third kappa shape index (κ3) is 5.25. The van der Waals surface area contributed by atoms with Gasteiger partial charge in [-0.3, -0.25) is 0 Å². The van der Waals surface area contributed by atoms with Crippen molar-refractivity contribution in [1.29, 1.82) is 0 Å². The van der Waals surface area contributed by atoms with Crippen LogP contribution < -0.4 is 14.8 Å². The average molecular weight is 455 g/mol. The molecule has 3 aromatic carbocycles. The minimum Gasteiger partial charge on any atom is -0.465 e. The average Bonchev–Trinajstić information content (AvgIpc) is 2.76. The molecule has 0 atom stereocenters. The van der Waals surface area contributed by atoms with Gasteiger partial charge >= 0.3 is 22.1 Å². The summed E-state index contributed by atoms with van der Waals surface area (Å²) in [5, 5.41) is 5.31. The zero-order valence-electron chi connectivity index (χ0n) is 17.7. The highest BCUT2D eigenvalue weighted by Gasteiger charge is 2.23. The van der Waals surface area contributed by atoms with Gasteiger partial charge in [-0.15, -0.1) is 0 Å². The molecule has 32 heavy (non-hydrogen) atoms. The lowest BCUT2D eigenvalue weighted by atomic mass is 10.2. The van der Waals surface area contributed by atoms with E-state index in [2.05, 4.69) is 10.6 Å². The fourth-order valence-corrected chi connectivity index (χ4v) is 4.13. The molecule has 0 bridgehead atoms. The standard InChI is InChI=1S/C23H22N2O6S/c1-15-8-4-6-10-19(15)25-23(27)24-17-12-13-20(18(14-17)22(26)30-3)31-32(28,29)21-11-7-5-9-16(21)2/h4-14H,1-3H3,(H2,24,25,27). The van der Waals surface area contributed by atoms with E-state index in [1.54, 1.807) is 37.3 Å². The van der Waals surface area contributed by atoms with E-state index in [1.165, 1.54) is 24.3 Å². The predicted molar refractivity (Wildman–Crippen MR) is 121 cm³/mol. The summed E-state index contributed by atoms with van der Waals surface area (Å²) < 4.78 is 35.4. The van der Waals surface area contributed by atoms with Gasteiger partial charge in [-0.2, -0.15) is 8.42 Å². The molecule has 0 aliphatic heterocycles. The Balaban J connectivity index is 1.86. The Bertz CT molecular complexity index is 1270. The Kier molecular flexibility index (Phi) is 6.79. The number of carbonyl (C=O) groups is 2. The number of amides is 2. The molecular weight excluding hydrogens is 432 g/mol. The number of anilines is 2. The first-order valence-corrected chi connectivity index (χ1v) is 11.0. The van der Waals surface area contributed by atoms with Gasteiger partial charge in [0, 0.05) is 11.4 Å². The molecule has 3 rings (SSSR count). The van der Waals surface area contributed by atoms with Crippen LogP contribution in [0.15, 0.2) is 71.6 Å². The molecule has 2 N–H and O–H groups in total. The summed E-state index contributed by atoms with van der Waals surface area (Å²) >= 11 is 0. The molecule has 3 aromatic rings. The second-order valence-corrected chi connectivity index (χ2v) is 8.41. The predicted octanol–water partition coefficient (Wildman–Crippen LogP) is 4.50. The lowest BCUT2D eigenvalue weighted by Gasteiger charge is -2.14. The number of aryl methyl sites for hydroxylation is 2. The van der Waals surface area contributed by atoms with Gasteiger partial charge in [0.1, 0.15) is 10.5 Å². The number of rotatable bonds is 6. The summed E-state index contributed by atoms with van der Waals surface area (Å²) in [5.74, 6) is -1.03. The van der Waals surface area contributed by atoms with E-state index in [0.717, 1.165) is 12.7 Å². The third-order valence-electron chi connectivity index (χ3n) is 4.60. The number of para-hydroxylation sites is 1. The highest BCUT2D eigenvalue weighted by atomic mass is 32.2. The van der Waals surface area contributed by atoms with Crippen LogP contribution >= 0.6 is 0 Å². The number of hydrogen-bond donors (Lipinski definition) is 2. The summed E-state index contributed by atoms with van der Waals surface area (Å²) in [7, 11) is -3.04. The Morgan fingerprint density at radius 3 is 2.16 bits per heavy atom. The van der Waals surface area contributed by atoms with E-state index < -0.39 is 22.1 Å². The molecule has 0 spiro atoms. The van der Waals surface area contributed by atoms with Gasteiger partial charge in [0.25, 0.3) is 0 Å². The van der Waals surface area contributed by atoms with Gasteiger partial charge in [0.2, 0.25) is 0 Å². The van der Waals surface area contributed by atoms with Crippen LogP contribution in [0.2, 0.25) is 0 Å². The van der Waals surface area contributed by atoms with Crippen molar-refractivity contribution in [1.82, 2.24) is 0 Å². The molecule has 0 radical (unpaired) electrons. The van der Waals surface area contributed by atoms with E-state index in [0.29, 0.717) is 11.3 Å². The number of hydrogen-bond acceptors (Lipinski definition) is 6. The van der Waals surface area contributed by atoms with Crippen LogP contribution in [0, 0.1) is 13.8 Å². The molecule has 0 aliphatic carbocycles. The van der Waals surface area contributed by atoms with Crippen LogP contribution in [0.1, 0.15) is 21.5 Å². The fraction of sp³-hybridized carbons (Fsp3) is 0.130. The van der Waals surface area contributed by atoms with Crippen molar-refractivity contribution in [3.63, 3.8) is 0 Å². The van der Waals surface area contributed by atoms with Crippen molar-refractivity contribution in [2.24, 2.45) is 0 Å². The summed E-state index contributed by atoms with van der Waals surface area (Å²) in [6.07, 6.45) is 0. The van der Waals surface area contributed by atoms with Crippen LogP contribution in [0.5, 0.6) is 5.75 Å². The largest absolute Gasteiger partial charge is 0.465 e. The van der Waals surface area contributed by atoms with Crippen molar-refractivity contribution < 1.29 is 26.9 Å². The maximum atomic E-state index is 12.7. The summed E-state index contributed by atoms with van der Waals surface area (Å²) in [5.41, 5.74) is 2.10. The van der Waals surface area contributed by atoms with Gasteiger partial charge in [-0.05, 0) is 55.3 Å². The first-order chi connectivity index (χ1) is 15.2. The molecule has 0 unspecified atom stereocenters. The monoisotopic (exact) mass is 454 g/mol. The van der Waals surface area contributed by atoms with Gasteiger partial charge in [0.15, 0.2) is 5.75 Å². The molecule has 0 aliphatic rings. The van der Waals surface area contributed by atoms with Gasteiger partial charge < -0.3 is 19.6 Å². The maximum absolute atomic E-state index is 12.7. The normalized spacial score (nSPS) is 10.8. The van der Waals surface area contributed by atoms with Gasteiger partial charge in [-0.25, -0.2) is 9.59 Å². The lowest BCUT2D eigenvalue weighted by Crippen LogP contribution is -2.20. The molecule has 0 saturated carbocycles. The van der Waals surface area contributed by atoms with Crippen LogP contribution in [-0.4, -0.2) is 27.5 Å². The van der Waals surface area contributed by atoms with Crippen LogP contribution in [-0.2, 0) is 14.9 Å². The second kappa shape index (κ2) is 9.52. The van der Waals surface area contributed by atoms with Gasteiger partial charge in [-0.1, -0.05) is 36.4 Å². The Labute approximate surface area is 186 Å². The van der Waals surface area contributed by atoms with E-state index in [9.17, 15) is 18.0 Å². The highest BCUT2D eigenvalue weighted by Crippen LogP contribution is 2.28. The smallest absolute Gasteiger partial charge is 0.341 e. The molecule has 0 saturated heterocycles. The zero-order valence-corrected chi connectivity index (χ0v) is 18.5. The number of methoxy groups -OCH3 is 1.